The number of fused-ring (bicyclic) bond motifs is 1. The summed E-state index contributed by atoms with van der Waals surface area (Å²) in [6.07, 6.45) is -0.699. The van der Waals surface area contributed by atoms with Gasteiger partial charge in [-0.25, -0.2) is 4.79 Å². The van der Waals surface area contributed by atoms with E-state index < -0.39 is 18.0 Å². The first-order chi connectivity index (χ1) is 9.97. The molecule has 2 N–H and O–H groups in total. The molecule has 0 bridgehead atoms. The molecule has 3 rings (SSSR count). The standard InChI is InChI=1S/C14H20N2O4S/c1-6-10-9(7(2)17)13(18)16(10)11(14(19)20-3)12(6)21-8-4-15-5-8/h6-10,15,17H,4-5H2,1-3H3. The first-order valence-electron chi connectivity index (χ1n) is 7.18. The first-order valence-corrected chi connectivity index (χ1v) is 8.06. The smallest absolute Gasteiger partial charge is 0.355 e. The maximum Gasteiger partial charge on any atom is 0.355 e. The summed E-state index contributed by atoms with van der Waals surface area (Å²) in [6.45, 7) is 5.47. The van der Waals surface area contributed by atoms with E-state index in [0.717, 1.165) is 18.0 Å². The highest BCUT2D eigenvalue weighted by Gasteiger charge is 2.60. The molecule has 0 aromatic heterocycles. The minimum Gasteiger partial charge on any atom is -0.464 e. The fourth-order valence-corrected chi connectivity index (χ4v) is 4.70. The van der Waals surface area contributed by atoms with Crippen molar-refractivity contribution in [3.05, 3.63) is 10.6 Å². The van der Waals surface area contributed by atoms with Crippen LogP contribution in [0, 0.1) is 11.8 Å². The predicted octanol–water partition coefficient (Wildman–Crippen LogP) is -0.0665. The van der Waals surface area contributed by atoms with Crippen LogP contribution in [0.3, 0.4) is 0 Å². The lowest BCUT2D eigenvalue weighted by Gasteiger charge is -2.46. The topological polar surface area (TPSA) is 78.9 Å². The third-order valence-corrected chi connectivity index (χ3v) is 6.01. The van der Waals surface area contributed by atoms with E-state index in [-0.39, 0.29) is 17.9 Å². The van der Waals surface area contributed by atoms with Crippen LogP contribution >= 0.6 is 11.8 Å². The molecule has 4 unspecified atom stereocenters. The third kappa shape index (κ3) is 2.10. The highest BCUT2D eigenvalue weighted by molar-refractivity contribution is 8.03. The molecule has 3 aliphatic heterocycles. The van der Waals surface area contributed by atoms with Crippen molar-refractivity contribution in [2.45, 2.75) is 31.2 Å². The molecule has 0 aromatic carbocycles. The van der Waals surface area contributed by atoms with Crippen molar-refractivity contribution >= 4 is 23.6 Å². The van der Waals surface area contributed by atoms with Gasteiger partial charge in [-0.2, -0.15) is 0 Å². The number of β-lactam (4-membered cyclic amide) rings is 1. The zero-order chi connectivity index (χ0) is 15.3. The molecule has 21 heavy (non-hydrogen) atoms. The Bertz CT molecular complexity index is 515. The summed E-state index contributed by atoms with van der Waals surface area (Å²) in [4.78, 5) is 26.8. The fourth-order valence-electron chi connectivity index (χ4n) is 3.29. The lowest BCUT2D eigenvalue weighted by Crippen LogP contribution is -2.63. The van der Waals surface area contributed by atoms with Crippen molar-refractivity contribution in [1.29, 1.82) is 0 Å². The van der Waals surface area contributed by atoms with Gasteiger partial charge in [-0.1, -0.05) is 6.92 Å². The van der Waals surface area contributed by atoms with E-state index in [0.29, 0.717) is 10.9 Å². The Hall–Kier alpha value is -1.05. The van der Waals surface area contributed by atoms with Gasteiger partial charge >= 0.3 is 5.97 Å². The van der Waals surface area contributed by atoms with E-state index in [1.165, 1.54) is 12.0 Å². The molecule has 2 saturated heterocycles. The highest BCUT2D eigenvalue weighted by atomic mass is 32.2. The number of thioether (sulfide) groups is 1. The zero-order valence-corrected chi connectivity index (χ0v) is 13.1. The number of rotatable bonds is 4. The maximum absolute atomic E-state index is 12.3. The summed E-state index contributed by atoms with van der Waals surface area (Å²) in [5.41, 5.74) is 0.383. The van der Waals surface area contributed by atoms with Crippen molar-refractivity contribution in [2.75, 3.05) is 20.2 Å². The van der Waals surface area contributed by atoms with Crippen molar-refractivity contribution < 1.29 is 19.4 Å². The van der Waals surface area contributed by atoms with E-state index in [1.807, 2.05) is 6.92 Å². The Balaban J connectivity index is 1.92. The van der Waals surface area contributed by atoms with Crippen molar-refractivity contribution in [3.63, 3.8) is 0 Å². The molecule has 0 radical (unpaired) electrons. The summed E-state index contributed by atoms with van der Waals surface area (Å²) >= 11 is 1.66. The van der Waals surface area contributed by atoms with Crippen LogP contribution in [0.2, 0.25) is 0 Å². The molecule has 0 aliphatic carbocycles. The molecule has 3 aliphatic rings. The molecule has 116 valence electrons. The van der Waals surface area contributed by atoms with Crippen LogP contribution in [-0.2, 0) is 14.3 Å². The fraction of sp³-hybridized carbons (Fsp3) is 0.714. The molecule has 4 atom stereocenters. The number of hydrogen-bond acceptors (Lipinski definition) is 6. The van der Waals surface area contributed by atoms with Gasteiger partial charge in [0.1, 0.15) is 5.70 Å². The molecule has 0 aromatic rings. The minimum atomic E-state index is -0.699. The zero-order valence-electron chi connectivity index (χ0n) is 12.3. The van der Waals surface area contributed by atoms with Gasteiger partial charge < -0.3 is 20.1 Å². The SMILES string of the molecule is COC(=O)C1=C(SC2CNC2)C(C)C2C(C(C)O)C(=O)N12. The number of methoxy groups -OCH3 is 1. The van der Waals surface area contributed by atoms with Crippen LogP contribution in [0.25, 0.3) is 0 Å². The van der Waals surface area contributed by atoms with Gasteiger partial charge in [-0.15, -0.1) is 11.8 Å². The number of esters is 1. The second-order valence-electron chi connectivity index (χ2n) is 5.86. The Morgan fingerprint density at radius 1 is 1.52 bits per heavy atom. The van der Waals surface area contributed by atoms with Gasteiger partial charge in [0.2, 0.25) is 5.91 Å². The number of nitrogens with zero attached hydrogens (tertiary/aromatic N) is 1. The first kappa shape index (κ1) is 14.9. The van der Waals surface area contributed by atoms with Gasteiger partial charge in [0.15, 0.2) is 0 Å². The number of aliphatic hydroxyl groups is 1. The maximum atomic E-state index is 12.3. The van der Waals surface area contributed by atoms with Gasteiger partial charge in [-0.3, -0.25) is 4.79 Å². The number of carbonyl (C=O) groups excluding carboxylic acids is 2. The largest absolute Gasteiger partial charge is 0.464 e. The normalized spacial score (nSPS) is 33.4. The summed E-state index contributed by atoms with van der Waals surface area (Å²) in [6, 6.07) is -0.123. The molecular formula is C14H20N2O4S. The monoisotopic (exact) mass is 312 g/mol. The lowest BCUT2D eigenvalue weighted by molar-refractivity contribution is -0.163. The third-order valence-electron chi connectivity index (χ3n) is 4.52. The average molecular weight is 312 g/mol. The molecule has 2 fully saturated rings. The predicted molar refractivity (Wildman–Crippen MR) is 78.3 cm³/mol. The number of ether oxygens (including phenoxy) is 1. The van der Waals surface area contributed by atoms with Crippen LogP contribution in [0.1, 0.15) is 13.8 Å². The van der Waals surface area contributed by atoms with Crippen LogP contribution in [0.15, 0.2) is 10.6 Å². The quantitative estimate of drug-likeness (QED) is 0.559. The molecule has 7 heteroatoms. The number of carbonyl (C=O) groups is 2. The van der Waals surface area contributed by atoms with E-state index in [2.05, 4.69) is 5.32 Å². The van der Waals surface area contributed by atoms with Gasteiger partial charge in [0, 0.05) is 29.2 Å². The van der Waals surface area contributed by atoms with E-state index in [1.54, 1.807) is 18.7 Å². The van der Waals surface area contributed by atoms with Crippen LogP contribution in [-0.4, -0.2) is 59.5 Å². The number of aliphatic hydroxyl groups excluding tert-OH is 1. The van der Waals surface area contributed by atoms with E-state index in [4.69, 9.17) is 4.74 Å². The average Bonchev–Trinajstić information content (AvgIpc) is 2.62. The second kappa shape index (κ2) is 5.30. The second-order valence-corrected chi connectivity index (χ2v) is 7.20. The number of nitrogens with one attached hydrogen (secondary N) is 1. The van der Waals surface area contributed by atoms with E-state index in [9.17, 15) is 14.7 Å². The highest BCUT2D eigenvalue weighted by Crippen LogP contribution is 2.51. The summed E-state index contributed by atoms with van der Waals surface area (Å²) < 4.78 is 4.86. The van der Waals surface area contributed by atoms with Gasteiger partial charge in [-0.05, 0) is 6.92 Å². The molecular weight excluding hydrogens is 292 g/mol. The molecule has 6 nitrogen and oxygen atoms in total. The molecule has 0 spiro atoms. The van der Waals surface area contributed by atoms with Crippen molar-refractivity contribution in [3.8, 4) is 0 Å². The summed E-state index contributed by atoms with van der Waals surface area (Å²) in [5, 5.41) is 13.4. The Kier molecular flexibility index (Phi) is 3.75. The molecule has 0 saturated carbocycles. The number of hydrogen-bond donors (Lipinski definition) is 2. The van der Waals surface area contributed by atoms with Crippen LogP contribution in [0.4, 0.5) is 0 Å². The van der Waals surface area contributed by atoms with Crippen molar-refractivity contribution in [2.24, 2.45) is 11.8 Å². The number of amides is 1. The molecule has 1 amide bonds. The van der Waals surface area contributed by atoms with Crippen LogP contribution < -0.4 is 5.32 Å². The Morgan fingerprint density at radius 3 is 2.67 bits per heavy atom. The summed E-state index contributed by atoms with van der Waals surface area (Å²) in [7, 11) is 1.33. The Labute approximate surface area is 127 Å². The van der Waals surface area contributed by atoms with Crippen LogP contribution in [0.5, 0.6) is 0 Å². The lowest BCUT2D eigenvalue weighted by atomic mass is 9.79. The molecule has 3 heterocycles. The van der Waals surface area contributed by atoms with E-state index >= 15 is 0 Å². The Morgan fingerprint density at radius 2 is 2.19 bits per heavy atom. The van der Waals surface area contributed by atoms with Crippen molar-refractivity contribution in [1.82, 2.24) is 10.2 Å². The minimum absolute atomic E-state index is 0.0574. The van der Waals surface area contributed by atoms with Gasteiger partial charge in [0.05, 0.1) is 25.2 Å². The van der Waals surface area contributed by atoms with Gasteiger partial charge in [0.25, 0.3) is 0 Å². The summed E-state index contributed by atoms with van der Waals surface area (Å²) in [5.74, 6) is -1.000.